The van der Waals surface area contributed by atoms with Gasteiger partial charge in [-0.1, -0.05) is 29.8 Å². The predicted molar refractivity (Wildman–Crippen MR) is 119 cm³/mol. The molecular weight excluding hydrogens is 481 g/mol. The zero-order valence-electron chi connectivity index (χ0n) is 17.8. The van der Waals surface area contributed by atoms with Crippen molar-refractivity contribution in [2.45, 2.75) is 37.8 Å². The summed E-state index contributed by atoms with van der Waals surface area (Å²) in [5.41, 5.74) is 0.173. The summed E-state index contributed by atoms with van der Waals surface area (Å²) in [5, 5.41) is 3.31. The number of piperidine rings is 1. The van der Waals surface area contributed by atoms with Crippen LogP contribution in [0.4, 0.5) is 19.0 Å². The largest absolute Gasteiger partial charge is 0.348 e. The molecule has 0 unspecified atom stereocenters. The molecule has 12 heteroatoms. The fourth-order valence-corrected chi connectivity index (χ4v) is 4.21. The number of nitrogens with one attached hydrogen (secondary N) is 1. The van der Waals surface area contributed by atoms with Gasteiger partial charge < -0.3 is 10.2 Å². The molecule has 2 aromatic rings. The van der Waals surface area contributed by atoms with Gasteiger partial charge in [0.15, 0.2) is 9.84 Å². The minimum Gasteiger partial charge on any atom is -0.348 e. The standard InChI is InChI=1S/C21H22ClF3N4O3S/c1-13(6-9-33(2,31)32)28-20(30)16-11-27-18(12-26-16)29-8-7-21(24,25)10-17(29)14-4-3-5-15(23)19(14)22/h3-6,9,11-13,17H,7-8,10H2,1-2H3,(H,28,30)/b9-6+/t13-,17-/m1/s1. The summed E-state index contributed by atoms with van der Waals surface area (Å²) in [6.45, 7) is 1.51. The van der Waals surface area contributed by atoms with E-state index in [1.807, 2.05) is 0 Å². The van der Waals surface area contributed by atoms with E-state index in [-0.39, 0.29) is 28.6 Å². The minimum atomic E-state index is -3.33. The first-order valence-electron chi connectivity index (χ1n) is 9.96. The van der Waals surface area contributed by atoms with Crippen LogP contribution in [-0.4, -0.2) is 49.1 Å². The van der Waals surface area contributed by atoms with Gasteiger partial charge in [-0.2, -0.15) is 0 Å². The van der Waals surface area contributed by atoms with Crippen LogP contribution in [0.2, 0.25) is 5.02 Å². The van der Waals surface area contributed by atoms with Crippen LogP contribution in [0.1, 0.15) is 41.9 Å². The first kappa shape index (κ1) is 25.0. The van der Waals surface area contributed by atoms with Crippen molar-refractivity contribution < 1.29 is 26.4 Å². The van der Waals surface area contributed by atoms with Crippen LogP contribution in [0.3, 0.4) is 0 Å². The molecule has 0 spiro atoms. The minimum absolute atomic E-state index is 0.0407. The lowest BCUT2D eigenvalue weighted by Gasteiger charge is -2.40. The number of carbonyl (C=O) groups excluding carboxylic acids is 1. The molecule has 2 heterocycles. The second kappa shape index (κ2) is 9.68. The number of sulfone groups is 1. The predicted octanol–water partition coefficient (Wildman–Crippen LogP) is 3.92. The van der Waals surface area contributed by atoms with Gasteiger partial charge in [0.1, 0.15) is 17.3 Å². The van der Waals surface area contributed by atoms with Crippen molar-refractivity contribution in [1.82, 2.24) is 15.3 Å². The van der Waals surface area contributed by atoms with Crippen molar-refractivity contribution in [2.75, 3.05) is 17.7 Å². The first-order valence-corrected chi connectivity index (χ1v) is 12.3. The summed E-state index contributed by atoms with van der Waals surface area (Å²) in [4.78, 5) is 22.2. The van der Waals surface area contributed by atoms with Gasteiger partial charge in [-0.3, -0.25) is 4.79 Å². The maximum Gasteiger partial charge on any atom is 0.271 e. The van der Waals surface area contributed by atoms with Crippen molar-refractivity contribution in [3.63, 3.8) is 0 Å². The summed E-state index contributed by atoms with van der Waals surface area (Å²) in [6, 6.07) is 2.52. The molecule has 1 fully saturated rings. The summed E-state index contributed by atoms with van der Waals surface area (Å²) < 4.78 is 64.7. The Labute approximate surface area is 194 Å². The maximum atomic E-state index is 14.2. The van der Waals surface area contributed by atoms with Crippen LogP contribution in [0.25, 0.3) is 0 Å². The van der Waals surface area contributed by atoms with Gasteiger partial charge in [0.05, 0.1) is 23.5 Å². The SMILES string of the molecule is C[C@H](/C=C/S(C)(=O)=O)NC(=O)c1cnc(N2CCC(F)(F)C[C@@H]2c2cccc(F)c2Cl)cn1. The lowest BCUT2D eigenvalue weighted by molar-refractivity contribution is -0.0343. The van der Waals surface area contributed by atoms with Gasteiger partial charge in [0, 0.05) is 37.1 Å². The zero-order valence-corrected chi connectivity index (χ0v) is 19.4. The Hall–Kier alpha value is -2.66. The molecule has 0 saturated carbocycles. The molecule has 1 aromatic carbocycles. The number of amides is 1. The average Bonchev–Trinajstić information content (AvgIpc) is 2.73. The van der Waals surface area contributed by atoms with Crippen molar-refractivity contribution in [2.24, 2.45) is 0 Å². The number of halogens is 4. The van der Waals surface area contributed by atoms with Crippen molar-refractivity contribution in [3.8, 4) is 0 Å². The summed E-state index contributed by atoms with van der Waals surface area (Å²) >= 11 is 6.06. The van der Waals surface area contributed by atoms with E-state index in [9.17, 15) is 26.4 Å². The molecular formula is C21H22ClF3N4O3S. The number of aromatic nitrogens is 2. The van der Waals surface area contributed by atoms with Crippen LogP contribution in [0.15, 0.2) is 42.1 Å². The Bertz CT molecular complexity index is 1160. The Morgan fingerprint density at radius 3 is 2.70 bits per heavy atom. The molecule has 1 amide bonds. The Balaban J connectivity index is 1.81. The van der Waals surface area contributed by atoms with Crippen LogP contribution >= 0.6 is 11.6 Å². The average molecular weight is 503 g/mol. The molecule has 1 N–H and O–H groups in total. The van der Waals surface area contributed by atoms with E-state index < -0.39 is 52.4 Å². The molecule has 178 valence electrons. The van der Waals surface area contributed by atoms with Crippen LogP contribution in [0, 0.1) is 5.82 Å². The number of benzene rings is 1. The number of carbonyl (C=O) groups is 1. The van der Waals surface area contributed by atoms with Gasteiger partial charge >= 0.3 is 0 Å². The molecule has 1 aliphatic rings. The van der Waals surface area contributed by atoms with E-state index in [2.05, 4.69) is 15.3 Å². The highest BCUT2D eigenvalue weighted by Crippen LogP contribution is 2.43. The third kappa shape index (κ3) is 6.44. The van der Waals surface area contributed by atoms with Crippen molar-refractivity contribution >= 4 is 33.2 Å². The molecule has 3 rings (SSSR count). The number of hydrogen-bond donors (Lipinski definition) is 1. The van der Waals surface area contributed by atoms with E-state index in [4.69, 9.17) is 11.6 Å². The highest BCUT2D eigenvalue weighted by Gasteiger charge is 2.42. The Morgan fingerprint density at radius 2 is 2.06 bits per heavy atom. The lowest BCUT2D eigenvalue weighted by atomic mass is 9.92. The fourth-order valence-electron chi connectivity index (χ4n) is 3.44. The maximum absolute atomic E-state index is 14.2. The summed E-state index contributed by atoms with van der Waals surface area (Å²) in [5.74, 6) is -4.02. The molecule has 1 aliphatic heterocycles. The van der Waals surface area contributed by atoms with Gasteiger partial charge in [-0.15, -0.1) is 0 Å². The molecule has 7 nitrogen and oxygen atoms in total. The quantitative estimate of drug-likeness (QED) is 0.643. The molecule has 1 saturated heterocycles. The number of nitrogens with zero attached hydrogens (tertiary/aromatic N) is 3. The smallest absolute Gasteiger partial charge is 0.271 e. The Morgan fingerprint density at radius 1 is 1.33 bits per heavy atom. The normalized spacial score (nSPS) is 19.5. The van der Waals surface area contributed by atoms with Crippen molar-refractivity contribution in [1.29, 1.82) is 0 Å². The molecule has 2 atom stereocenters. The zero-order chi connectivity index (χ0) is 24.4. The lowest BCUT2D eigenvalue weighted by Crippen LogP contribution is -2.42. The monoisotopic (exact) mass is 502 g/mol. The van der Waals surface area contributed by atoms with Gasteiger partial charge in [-0.25, -0.2) is 31.6 Å². The van der Waals surface area contributed by atoms with E-state index in [1.165, 1.54) is 30.6 Å². The molecule has 0 radical (unpaired) electrons. The topological polar surface area (TPSA) is 92.3 Å². The van der Waals surface area contributed by atoms with Gasteiger partial charge in [-0.05, 0) is 18.6 Å². The highest BCUT2D eigenvalue weighted by atomic mass is 35.5. The van der Waals surface area contributed by atoms with Crippen LogP contribution in [-0.2, 0) is 9.84 Å². The fraction of sp³-hybridized carbons (Fsp3) is 0.381. The van der Waals surface area contributed by atoms with Gasteiger partial charge in [0.25, 0.3) is 11.8 Å². The third-order valence-corrected chi connectivity index (χ3v) is 6.12. The van der Waals surface area contributed by atoms with Gasteiger partial charge in [0.2, 0.25) is 0 Å². The van der Waals surface area contributed by atoms with Crippen molar-refractivity contribution in [3.05, 3.63) is 64.2 Å². The molecule has 1 aromatic heterocycles. The second-order valence-electron chi connectivity index (χ2n) is 7.84. The number of alkyl halides is 2. The van der Waals surface area contributed by atoms with Crippen LogP contribution < -0.4 is 10.2 Å². The molecule has 33 heavy (non-hydrogen) atoms. The van der Waals surface area contributed by atoms with E-state index in [0.29, 0.717) is 0 Å². The first-order chi connectivity index (χ1) is 15.4. The highest BCUT2D eigenvalue weighted by molar-refractivity contribution is 7.93. The van der Waals surface area contributed by atoms with Crippen LogP contribution in [0.5, 0.6) is 0 Å². The molecule has 0 bridgehead atoms. The number of rotatable bonds is 6. The molecule has 0 aliphatic carbocycles. The number of anilines is 1. The summed E-state index contributed by atoms with van der Waals surface area (Å²) in [6.07, 6.45) is 3.80. The van der Waals surface area contributed by atoms with E-state index in [1.54, 1.807) is 11.8 Å². The second-order valence-corrected chi connectivity index (χ2v) is 10.2. The summed E-state index contributed by atoms with van der Waals surface area (Å²) in [7, 11) is -3.33. The van der Waals surface area contributed by atoms with E-state index in [0.717, 1.165) is 17.7 Å². The third-order valence-electron chi connectivity index (χ3n) is 5.07. The van der Waals surface area contributed by atoms with E-state index >= 15 is 0 Å². The Kier molecular flexibility index (Phi) is 7.32. The number of hydrogen-bond acceptors (Lipinski definition) is 6.